The van der Waals surface area contributed by atoms with Crippen LogP contribution in [0.3, 0.4) is 0 Å². The molecule has 0 aliphatic carbocycles. The first-order valence-electron chi connectivity index (χ1n) is 5.82. The number of carboxylic acids is 1. The van der Waals surface area contributed by atoms with E-state index in [1.807, 2.05) is 6.92 Å². The van der Waals surface area contributed by atoms with Crippen molar-refractivity contribution >= 4 is 21.7 Å². The van der Waals surface area contributed by atoms with Crippen molar-refractivity contribution in [1.29, 1.82) is 0 Å². The molecular formula is C13H14N2O4S. The molecule has 1 heterocycles. The predicted octanol–water partition coefficient (Wildman–Crippen LogP) is 2.13. The predicted molar refractivity (Wildman–Crippen MR) is 74.5 cm³/mol. The maximum Gasteiger partial charge on any atom is 0.339 e. The third-order valence-electron chi connectivity index (χ3n) is 2.87. The number of hydrogen-bond acceptors (Lipinski definition) is 3. The summed E-state index contributed by atoms with van der Waals surface area (Å²) in [6, 6.07) is 6.29. The zero-order valence-electron chi connectivity index (χ0n) is 11.0. The molecule has 106 valence electrons. The van der Waals surface area contributed by atoms with Crippen molar-refractivity contribution in [2.24, 2.45) is 0 Å². The number of aromatic nitrogens is 1. The molecule has 0 unspecified atom stereocenters. The fourth-order valence-corrected chi connectivity index (χ4v) is 2.87. The molecule has 0 spiro atoms. The zero-order chi connectivity index (χ0) is 14.9. The molecule has 2 rings (SSSR count). The summed E-state index contributed by atoms with van der Waals surface area (Å²) in [5, 5.41) is 9.08. The van der Waals surface area contributed by atoms with E-state index in [1.54, 1.807) is 19.1 Å². The minimum absolute atomic E-state index is 0.0237. The number of carboxylic acid groups (broad SMARTS) is 1. The van der Waals surface area contributed by atoms with Crippen LogP contribution in [0.25, 0.3) is 0 Å². The van der Waals surface area contributed by atoms with Crippen LogP contribution in [-0.2, 0) is 10.0 Å². The lowest BCUT2D eigenvalue weighted by Gasteiger charge is -2.08. The van der Waals surface area contributed by atoms with Gasteiger partial charge in [0, 0.05) is 11.9 Å². The second kappa shape index (κ2) is 5.01. The van der Waals surface area contributed by atoms with Crippen LogP contribution in [0, 0.1) is 13.8 Å². The van der Waals surface area contributed by atoms with E-state index in [0.717, 1.165) is 5.56 Å². The number of anilines is 1. The maximum absolute atomic E-state index is 12.2. The Bertz CT molecular complexity index is 745. The maximum atomic E-state index is 12.2. The Morgan fingerprint density at radius 2 is 1.80 bits per heavy atom. The van der Waals surface area contributed by atoms with Crippen molar-refractivity contribution in [3.63, 3.8) is 0 Å². The van der Waals surface area contributed by atoms with E-state index in [1.165, 1.54) is 18.3 Å². The van der Waals surface area contributed by atoms with Gasteiger partial charge in [-0.25, -0.2) is 13.2 Å². The number of H-pyrrole nitrogens is 1. The van der Waals surface area contributed by atoms with Gasteiger partial charge in [0.2, 0.25) is 0 Å². The molecule has 0 radical (unpaired) electrons. The van der Waals surface area contributed by atoms with Gasteiger partial charge in [-0.05, 0) is 26.0 Å². The molecule has 2 aromatic rings. The molecule has 0 saturated carbocycles. The molecule has 0 amide bonds. The molecule has 20 heavy (non-hydrogen) atoms. The van der Waals surface area contributed by atoms with Gasteiger partial charge in [-0.1, -0.05) is 17.7 Å². The van der Waals surface area contributed by atoms with Gasteiger partial charge < -0.3 is 10.1 Å². The third kappa shape index (κ3) is 2.67. The molecule has 6 nitrogen and oxygen atoms in total. The van der Waals surface area contributed by atoms with Gasteiger partial charge in [0.25, 0.3) is 10.0 Å². The van der Waals surface area contributed by atoms with Gasteiger partial charge in [0.15, 0.2) is 0 Å². The minimum atomic E-state index is -3.81. The Hall–Kier alpha value is -2.28. The summed E-state index contributed by atoms with van der Waals surface area (Å²) in [6.07, 6.45) is 1.32. The van der Waals surface area contributed by atoms with Gasteiger partial charge >= 0.3 is 5.97 Å². The van der Waals surface area contributed by atoms with E-state index in [4.69, 9.17) is 5.11 Å². The van der Waals surface area contributed by atoms with E-state index in [2.05, 4.69) is 9.71 Å². The molecule has 0 aliphatic heterocycles. The van der Waals surface area contributed by atoms with E-state index < -0.39 is 16.0 Å². The number of aromatic amines is 1. The zero-order valence-corrected chi connectivity index (χ0v) is 11.8. The number of aryl methyl sites for hydroxylation is 2. The monoisotopic (exact) mass is 294 g/mol. The topological polar surface area (TPSA) is 99.3 Å². The Balaban J connectivity index is 2.38. The molecule has 3 N–H and O–H groups in total. The van der Waals surface area contributed by atoms with Crippen molar-refractivity contribution in [2.45, 2.75) is 18.7 Å². The van der Waals surface area contributed by atoms with E-state index >= 15 is 0 Å². The highest BCUT2D eigenvalue weighted by Gasteiger charge is 2.21. The van der Waals surface area contributed by atoms with E-state index in [0.29, 0.717) is 5.69 Å². The Morgan fingerprint density at radius 3 is 2.35 bits per heavy atom. The normalized spacial score (nSPS) is 11.3. The standard InChI is InChI=1S/C13H14N2O4S/c1-8-3-5-10(6-4-8)20(18,19)15-11-7-14-9(2)12(11)13(16)17/h3-7,14-15H,1-2H3,(H,16,17). The van der Waals surface area contributed by atoms with Crippen molar-refractivity contribution in [2.75, 3.05) is 4.72 Å². The molecule has 1 aromatic heterocycles. The molecule has 7 heteroatoms. The van der Waals surface area contributed by atoms with Gasteiger partial charge in [-0.2, -0.15) is 0 Å². The lowest BCUT2D eigenvalue weighted by molar-refractivity contribution is 0.0697. The van der Waals surface area contributed by atoms with Gasteiger partial charge in [0.1, 0.15) is 5.56 Å². The lowest BCUT2D eigenvalue weighted by atomic mass is 10.2. The quantitative estimate of drug-likeness (QED) is 0.804. The van der Waals surface area contributed by atoms with Crippen LogP contribution >= 0.6 is 0 Å². The Morgan fingerprint density at radius 1 is 1.20 bits per heavy atom. The smallest absolute Gasteiger partial charge is 0.339 e. The number of sulfonamides is 1. The summed E-state index contributed by atoms with van der Waals surface area (Å²) in [6.45, 7) is 3.41. The van der Waals surface area contributed by atoms with Crippen molar-refractivity contribution in [1.82, 2.24) is 4.98 Å². The number of nitrogens with one attached hydrogen (secondary N) is 2. The summed E-state index contributed by atoms with van der Waals surface area (Å²) in [5.41, 5.74) is 1.27. The summed E-state index contributed by atoms with van der Waals surface area (Å²) >= 11 is 0. The Kier molecular flexibility index (Phi) is 3.54. The van der Waals surface area contributed by atoms with Crippen LogP contribution < -0.4 is 4.72 Å². The van der Waals surface area contributed by atoms with Crippen LogP contribution in [0.4, 0.5) is 5.69 Å². The van der Waals surface area contributed by atoms with Crippen molar-refractivity contribution in [3.8, 4) is 0 Å². The number of rotatable bonds is 4. The molecular weight excluding hydrogens is 280 g/mol. The highest BCUT2D eigenvalue weighted by Crippen LogP contribution is 2.22. The summed E-state index contributed by atoms with van der Waals surface area (Å²) in [7, 11) is -3.81. The first-order chi connectivity index (χ1) is 9.31. The number of hydrogen-bond donors (Lipinski definition) is 3. The van der Waals surface area contributed by atoms with Crippen molar-refractivity contribution < 1.29 is 18.3 Å². The molecule has 0 atom stereocenters. The van der Waals surface area contributed by atoms with E-state index in [-0.39, 0.29) is 16.1 Å². The van der Waals surface area contributed by atoms with Gasteiger partial charge in [-0.3, -0.25) is 4.72 Å². The fraction of sp³-hybridized carbons (Fsp3) is 0.154. The van der Waals surface area contributed by atoms with Crippen LogP contribution in [0.2, 0.25) is 0 Å². The molecule has 0 aliphatic rings. The number of carbonyl (C=O) groups is 1. The van der Waals surface area contributed by atoms with Crippen LogP contribution in [0.15, 0.2) is 35.4 Å². The Labute approximate surface area is 116 Å². The average Bonchev–Trinajstić information content (AvgIpc) is 2.70. The molecule has 1 aromatic carbocycles. The lowest BCUT2D eigenvalue weighted by Crippen LogP contribution is -2.14. The SMILES string of the molecule is Cc1ccc(S(=O)(=O)Nc2c[nH]c(C)c2C(=O)O)cc1. The van der Waals surface area contributed by atoms with Gasteiger partial charge in [0.05, 0.1) is 10.6 Å². The first-order valence-corrected chi connectivity index (χ1v) is 7.30. The summed E-state index contributed by atoms with van der Waals surface area (Å²) < 4.78 is 26.6. The second-order valence-corrected chi connectivity index (χ2v) is 6.11. The molecule has 0 saturated heterocycles. The molecule has 0 bridgehead atoms. The summed E-state index contributed by atoms with van der Waals surface area (Å²) in [5.74, 6) is -1.19. The third-order valence-corrected chi connectivity index (χ3v) is 4.25. The van der Waals surface area contributed by atoms with Crippen LogP contribution in [-0.4, -0.2) is 24.5 Å². The van der Waals surface area contributed by atoms with Crippen LogP contribution in [0.5, 0.6) is 0 Å². The number of aromatic carboxylic acids is 1. The highest BCUT2D eigenvalue weighted by molar-refractivity contribution is 7.92. The minimum Gasteiger partial charge on any atom is -0.478 e. The summed E-state index contributed by atoms with van der Waals surface area (Å²) in [4.78, 5) is 13.9. The highest BCUT2D eigenvalue weighted by atomic mass is 32.2. The van der Waals surface area contributed by atoms with Crippen LogP contribution in [0.1, 0.15) is 21.6 Å². The fourth-order valence-electron chi connectivity index (χ4n) is 1.80. The first kappa shape index (κ1) is 14.1. The largest absolute Gasteiger partial charge is 0.478 e. The van der Waals surface area contributed by atoms with Gasteiger partial charge in [-0.15, -0.1) is 0 Å². The molecule has 0 fully saturated rings. The van der Waals surface area contributed by atoms with E-state index in [9.17, 15) is 13.2 Å². The second-order valence-electron chi connectivity index (χ2n) is 4.43. The average molecular weight is 294 g/mol. The number of benzene rings is 1. The van der Waals surface area contributed by atoms with Crippen molar-refractivity contribution in [3.05, 3.63) is 47.3 Å².